The lowest BCUT2D eigenvalue weighted by molar-refractivity contribution is -0.124. The molecule has 106 valence electrons. The number of nitrogens with zero attached hydrogens (tertiary/aromatic N) is 1. The zero-order valence-electron chi connectivity index (χ0n) is 12.2. The Morgan fingerprint density at radius 2 is 2.17 bits per heavy atom. The van der Waals surface area contributed by atoms with Gasteiger partial charge in [0, 0.05) is 13.1 Å². The maximum atomic E-state index is 12.0. The number of piperidine rings is 1. The number of carbonyl (C=O) groups excluding carboxylic acids is 1. The molecule has 0 bridgehead atoms. The molecule has 0 aromatic heterocycles. The maximum Gasteiger partial charge on any atom is 0.237 e. The molecular weight excluding hydrogens is 226 g/mol. The fraction of sp³-hybridized carbons (Fsp3) is 0.929. The first-order valence-corrected chi connectivity index (χ1v) is 7.42. The summed E-state index contributed by atoms with van der Waals surface area (Å²) in [5, 5.41) is 6.38. The summed E-state index contributed by atoms with van der Waals surface area (Å²) in [6.07, 6.45) is 3.51. The summed E-state index contributed by atoms with van der Waals surface area (Å²) in [4.78, 5) is 14.4. The SMILES string of the molecule is CCCN(CC)CCNC(=O)C1NCCCC1C. The van der Waals surface area contributed by atoms with Crippen LogP contribution in [0.5, 0.6) is 0 Å². The van der Waals surface area contributed by atoms with Gasteiger partial charge in [-0.15, -0.1) is 0 Å². The average molecular weight is 255 g/mol. The number of rotatable bonds is 7. The Kier molecular flexibility index (Phi) is 7.28. The molecule has 0 aliphatic carbocycles. The van der Waals surface area contributed by atoms with Crippen molar-refractivity contribution in [3.05, 3.63) is 0 Å². The van der Waals surface area contributed by atoms with Crippen LogP contribution in [0.25, 0.3) is 0 Å². The Hall–Kier alpha value is -0.610. The van der Waals surface area contributed by atoms with Crippen LogP contribution in [0.3, 0.4) is 0 Å². The Morgan fingerprint density at radius 3 is 2.78 bits per heavy atom. The van der Waals surface area contributed by atoms with Gasteiger partial charge in [-0.05, 0) is 44.8 Å². The molecule has 1 fully saturated rings. The van der Waals surface area contributed by atoms with Crippen LogP contribution in [-0.4, -0.2) is 49.6 Å². The third-order valence-electron chi connectivity index (χ3n) is 3.77. The van der Waals surface area contributed by atoms with Crippen molar-refractivity contribution in [2.75, 3.05) is 32.7 Å². The van der Waals surface area contributed by atoms with E-state index >= 15 is 0 Å². The van der Waals surface area contributed by atoms with Crippen LogP contribution in [0, 0.1) is 5.92 Å². The lowest BCUT2D eigenvalue weighted by atomic mass is 9.92. The molecule has 1 saturated heterocycles. The van der Waals surface area contributed by atoms with Crippen LogP contribution in [0.1, 0.15) is 40.0 Å². The first kappa shape index (κ1) is 15.4. The molecule has 0 aromatic rings. The summed E-state index contributed by atoms with van der Waals surface area (Å²) in [5.41, 5.74) is 0. The second kappa shape index (κ2) is 8.48. The molecule has 1 amide bonds. The molecule has 2 atom stereocenters. The molecule has 1 rings (SSSR count). The van der Waals surface area contributed by atoms with Gasteiger partial charge < -0.3 is 15.5 Å². The van der Waals surface area contributed by atoms with E-state index in [0.29, 0.717) is 5.92 Å². The highest BCUT2D eigenvalue weighted by Crippen LogP contribution is 2.15. The predicted octanol–water partition coefficient (Wildman–Crippen LogP) is 1.22. The fourth-order valence-corrected chi connectivity index (χ4v) is 2.59. The van der Waals surface area contributed by atoms with Crippen molar-refractivity contribution in [2.24, 2.45) is 5.92 Å². The van der Waals surface area contributed by atoms with E-state index < -0.39 is 0 Å². The van der Waals surface area contributed by atoms with Gasteiger partial charge in [-0.1, -0.05) is 20.8 Å². The third-order valence-corrected chi connectivity index (χ3v) is 3.77. The average Bonchev–Trinajstić information content (AvgIpc) is 2.38. The first-order chi connectivity index (χ1) is 8.69. The molecule has 2 unspecified atom stereocenters. The van der Waals surface area contributed by atoms with E-state index in [9.17, 15) is 4.79 Å². The van der Waals surface area contributed by atoms with Crippen LogP contribution < -0.4 is 10.6 Å². The van der Waals surface area contributed by atoms with Gasteiger partial charge in [0.25, 0.3) is 0 Å². The molecule has 18 heavy (non-hydrogen) atoms. The summed E-state index contributed by atoms with van der Waals surface area (Å²) in [6.45, 7) is 11.4. The van der Waals surface area contributed by atoms with Gasteiger partial charge in [0.05, 0.1) is 6.04 Å². The summed E-state index contributed by atoms with van der Waals surface area (Å²) in [7, 11) is 0. The molecule has 4 heteroatoms. The van der Waals surface area contributed by atoms with Gasteiger partial charge in [0.1, 0.15) is 0 Å². The van der Waals surface area contributed by atoms with Gasteiger partial charge in [-0.3, -0.25) is 4.79 Å². The van der Waals surface area contributed by atoms with E-state index in [1.165, 1.54) is 12.8 Å². The van der Waals surface area contributed by atoms with Gasteiger partial charge in [0.2, 0.25) is 5.91 Å². The minimum atomic E-state index is 0.0139. The Balaban J connectivity index is 2.23. The minimum absolute atomic E-state index is 0.0139. The van der Waals surface area contributed by atoms with Crippen molar-refractivity contribution in [1.82, 2.24) is 15.5 Å². The van der Waals surface area contributed by atoms with Crippen molar-refractivity contribution >= 4 is 5.91 Å². The maximum absolute atomic E-state index is 12.0. The molecule has 1 heterocycles. The van der Waals surface area contributed by atoms with Crippen LogP contribution in [0.15, 0.2) is 0 Å². The lowest BCUT2D eigenvalue weighted by Crippen LogP contribution is -2.51. The monoisotopic (exact) mass is 255 g/mol. The Labute approximate surface area is 111 Å². The number of carbonyl (C=O) groups is 1. The van der Waals surface area contributed by atoms with Gasteiger partial charge >= 0.3 is 0 Å². The molecule has 1 aliphatic rings. The fourth-order valence-electron chi connectivity index (χ4n) is 2.59. The van der Waals surface area contributed by atoms with E-state index in [0.717, 1.165) is 39.1 Å². The van der Waals surface area contributed by atoms with Crippen LogP contribution in [0.2, 0.25) is 0 Å². The molecule has 4 nitrogen and oxygen atoms in total. The van der Waals surface area contributed by atoms with E-state index in [2.05, 4.69) is 36.3 Å². The van der Waals surface area contributed by atoms with Crippen molar-refractivity contribution in [2.45, 2.75) is 46.1 Å². The third kappa shape index (κ3) is 4.94. The van der Waals surface area contributed by atoms with Crippen molar-refractivity contribution < 1.29 is 4.79 Å². The number of amides is 1. The highest BCUT2D eigenvalue weighted by atomic mass is 16.2. The lowest BCUT2D eigenvalue weighted by Gasteiger charge is -2.29. The zero-order chi connectivity index (χ0) is 13.4. The molecule has 1 aliphatic heterocycles. The quantitative estimate of drug-likeness (QED) is 0.719. The first-order valence-electron chi connectivity index (χ1n) is 7.42. The number of hydrogen-bond donors (Lipinski definition) is 2. The second-order valence-corrected chi connectivity index (χ2v) is 5.28. The normalized spacial score (nSPS) is 24.2. The van der Waals surface area contributed by atoms with Crippen LogP contribution >= 0.6 is 0 Å². The van der Waals surface area contributed by atoms with Gasteiger partial charge in [0.15, 0.2) is 0 Å². The zero-order valence-corrected chi connectivity index (χ0v) is 12.2. The standard InChI is InChI=1S/C14H29N3O/c1-4-10-17(5-2)11-9-16-14(18)13-12(3)7-6-8-15-13/h12-13,15H,4-11H2,1-3H3,(H,16,18). The minimum Gasteiger partial charge on any atom is -0.353 e. The predicted molar refractivity (Wildman–Crippen MR) is 75.6 cm³/mol. The van der Waals surface area contributed by atoms with Crippen molar-refractivity contribution in [3.63, 3.8) is 0 Å². The highest BCUT2D eigenvalue weighted by Gasteiger charge is 2.26. The summed E-state index contributed by atoms with van der Waals surface area (Å²) < 4.78 is 0. The Bertz CT molecular complexity index is 245. The van der Waals surface area contributed by atoms with Crippen LogP contribution in [-0.2, 0) is 4.79 Å². The summed E-state index contributed by atoms with van der Waals surface area (Å²) in [6, 6.07) is 0.0139. The van der Waals surface area contributed by atoms with E-state index in [1.807, 2.05) is 0 Å². The van der Waals surface area contributed by atoms with E-state index in [1.54, 1.807) is 0 Å². The molecule has 2 N–H and O–H groups in total. The van der Waals surface area contributed by atoms with E-state index in [4.69, 9.17) is 0 Å². The molecule has 0 aromatic carbocycles. The smallest absolute Gasteiger partial charge is 0.237 e. The molecular formula is C14H29N3O. The number of likely N-dealkylation sites (N-methyl/N-ethyl adjacent to an activating group) is 1. The largest absolute Gasteiger partial charge is 0.353 e. The summed E-state index contributed by atoms with van der Waals surface area (Å²) >= 11 is 0. The van der Waals surface area contributed by atoms with Crippen molar-refractivity contribution in [1.29, 1.82) is 0 Å². The summed E-state index contributed by atoms with van der Waals surface area (Å²) in [5.74, 6) is 0.631. The highest BCUT2D eigenvalue weighted by molar-refractivity contribution is 5.82. The molecule has 0 spiro atoms. The van der Waals surface area contributed by atoms with Crippen LogP contribution in [0.4, 0.5) is 0 Å². The van der Waals surface area contributed by atoms with E-state index in [-0.39, 0.29) is 11.9 Å². The number of nitrogens with one attached hydrogen (secondary N) is 2. The van der Waals surface area contributed by atoms with Gasteiger partial charge in [-0.2, -0.15) is 0 Å². The second-order valence-electron chi connectivity index (χ2n) is 5.28. The molecule has 0 saturated carbocycles. The molecule has 0 radical (unpaired) electrons. The topological polar surface area (TPSA) is 44.4 Å². The van der Waals surface area contributed by atoms with Crippen molar-refractivity contribution in [3.8, 4) is 0 Å². The number of hydrogen-bond acceptors (Lipinski definition) is 3. The van der Waals surface area contributed by atoms with Gasteiger partial charge in [-0.25, -0.2) is 0 Å². The Morgan fingerprint density at radius 1 is 1.39 bits per heavy atom.